The Balaban J connectivity index is 2.74. The van der Waals surface area contributed by atoms with Gasteiger partial charge in [0.1, 0.15) is 5.41 Å². The van der Waals surface area contributed by atoms with E-state index in [9.17, 15) is 13.6 Å². The van der Waals surface area contributed by atoms with E-state index < -0.39 is 22.8 Å². The fourth-order valence-corrected chi connectivity index (χ4v) is 1.73. The minimum atomic E-state index is -2.97. The number of hydrogen-bond donors (Lipinski definition) is 1. The van der Waals surface area contributed by atoms with Crippen LogP contribution in [-0.4, -0.2) is 17.4 Å². The van der Waals surface area contributed by atoms with Gasteiger partial charge in [-0.2, -0.15) is 0 Å². The number of carbonyl (C=O) groups is 1. The van der Waals surface area contributed by atoms with Crippen molar-refractivity contribution in [3.05, 3.63) is 0 Å². The first-order valence-electron chi connectivity index (χ1n) is 5.85. The van der Waals surface area contributed by atoms with Gasteiger partial charge >= 0.3 is 0 Å². The summed E-state index contributed by atoms with van der Waals surface area (Å²) in [5.74, 6) is 2.17. The van der Waals surface area contributed by atoms with Crippen LogP contribution in [0.1, 0.15) is 47.0 Å². The number of rotatable bonds is 3. The van der Waals surface area contributed by atoms with Gasteiger partial charge in [0.15, 0.2) is 0 Å². The third-order valence-corrected chi connectivity index (χ3v) is 3.03. The summed E-state index contributed by atoms with van der Waals surface area (Å²) in [7, 11) is 0. The SMILES string of the molecule is CCC#CC(C)(C)NC(=O)C1(C(C)(F)F)CC1. The van der Waals surface area contributed by atoms with Crippen LogP contribution in [0.25, 0.3) is 0 Å². The predicted octanol–water partition coefficient (Wildman–Crippen LogP) is 2.73. The van der Waals surface area contributed by atoms with Gasteiger partial charge in [0, 0.05) is 13.3 Å². The maximum absolute atomic E-state index is 13.3. The maximum atomic E-state index is 13.3. The number of nitrogens with one attached hydrogen (secondary N) is 1. The Morgan fingerprint density at radius 1 is 1.35 bits per heavy atom. The molecule has 1 aliphatic rings. The van der Waals surface area contributed by atoms with Crippen LogP contribution >= 0.6 is 0 Å². The molecule has 0 radical (unpaired) electrons. The Kier molecular flexibility index (Phi) is 3.52. The van der Waals surface area contributed by atoms with Crippen molar-refractivity contribution in [3.63, 3.8) is 0 Å². The maximum Gasteiger partial charge on any atom is 0.259 e. The highest BCUT2D eigenvalue weighted by Gasteiger charge is 2.64. The van der Waals surface area contributed by atoms with Crippen molar-refractivity contribution in [1.82, 2.24) is 5.32 Å². The first kappa shape index (κ1) is 14.0. The second-order valence-electron chi connectivity index (χ2n) is 5.20. The zero-order valence-corrected chi connectivity index (χ0v) is 10.8. The molecule has 0 heterocycles. The summed E-state index contributed by atoms with van der Waals surface area (Å²) < 4.78 is 26.7. The van der Waals surface area contributed by atoms with E-state index in [1.165, 1.54) is 0 Å². The molecule has 0 aromatic heterocycles. The molecule has 17 heavy (non-hydrogen) atoms. The molecule has 96 valence electrons. The summed E-state index contributed by atoms with van der Waals surface area (Å²) in [6.07, 6.45) is 1.17. The van der Waals surface area contributed by atoms with Crippen LogP contribution in [0, 0.1) is 17.3 Å². The molecule has 1 N–H and O–H groups in total. The normalized spacial score (nSPS) is 18.0. The van der Waals surface area contributed by atoms with Crippen molar-refractivity contribution in [2.24, 2.45) is 5.41 Å². The van der Waals surface area contributed by atoms with Crippen molar-refractivity contribution in [2.75, 3.05) is 0 Å². The summed E-state index contributed by atoms with van der Waals surface area (Å²) in [5, 5.41) is 2.61. The Bertz CT molecular complexity index is 367. The third kappa shape index (κ3) is 2.96. The highest BCUT2D eigenvalue weighted by Crippen LogP contribution is 2.56. The van der Waals surface area contributed by atoms with Gasteiger partial charge in [0.25, 0.3) is 5.92 Å². The second-order valence-corrected chi connectivity index (χ2v) is 5.20. The molecule has 0 unspecified atom stereocenters. The van der Waals surface area contributed by atoms with Crippen molar-refractivity contribution in [3.8, 4) is 11.8 Å². The Morgan fingerprint density at radius 3 is 2.24 bits per heavy atom. The molecular formula is C13H19F2NO. The van der Waals surface area contributed by atoms with Crippen molar-refractivity contribution in [2.45, 2.75) is 58.4 Å². The summed E-state index contributed by atoms with van der Waals surface area (Å²) in [6.45, 7) is 6.15. The van der Waals surface area contributed by atoms with E-state index in [0.29, 0.717) is 6.42 Å². The van der Waals surface area contributed by atoms with Gasteiger partial charge < -0.3 is 5.32 Å². The standard InChI is InChI=1S/C13H19F2NO/c1-5-6-7-11(2,3)16-10(17)13(8-9-13)12(4,14)15/h5,8-9H2,1-4H3,(H,16,17). The number of alkyl halides is 2. The van der Waals surface area contributed by atoms with E-state index in [-0.39, 0.29) is 12.8 Å². The largest absolute Gasteiger partial charge is 0.340 e. The molecule has 0 aromatic carbocycles. The zero-order valence-electron chi connectivity index (χ0n) is 10.8. The average molecular weight is 243 g/mol. The first-order chi connectivity index (χ1) is 7.65. The van der Waals surface area contributed by atoms with Crippen LogP contribution in [-0.2, 0) is 4.79 Å². The molecule has 1 fully saturated rings. The lowest BCUT2D eigenvalue weighted by Gasteiger charge is -2.27. The number of halogens is 2. The Hall–Kier alpha value is -1.11. The highest BCUT2D eigenvalue weighted by atomic mass is 19.3. The molecule has 0 atom stereocenters. The zero-order chi connectivity index (χ0) is 13.3. The molecule has 0 bridgehead atoms. The second kappa shape index (κ2) is 4.29. The molecular weight excluding hydrogens is 224 g/mol. The van der Waals surface area contributed by atoms with Crippen molar-refractivity contribution in [1.29, 1.82) is 0 Å². The number of hydrogen-bond acceptors (Lipinski definition) is 1. The minimum absolute atomic E-state index is 0.250. The van der Waals surface area contributed by atoms with E-state index in [0.717, 1.165) is 6.92 Å². The van der Waals surface area contributed by atoms with Gasteiger partial charge in [0.05, 0.1) is 5.54 Å². The molecule has 0 aromatic rings. The molecule has 1 aliphatic carbocycles. The molecule has 2 nitrogen and oxygen atoms in total. The number of amides is 1. The van der Waals surface area contributed by atoms with Crippen LogP contribution in [0.15, 0.2) is 0 Å². The van der Waals surface area contributed by atoms with Gasteiger partial charge in [0.2, 0.25) is 5.91 Å². The summed E-state index contributed by atoms with van der Waals surface area (Å²) in [4.78, 5) is 11.9. The fourth-order valence-electron chi connectivity index (χ4n) is 1.73. The topological polar surface area (TPSA) is 29.1 Å². The van der Waals surface area contributed by atoms with E-state index in [1.54, 1.807) is 13.8 Å². The van der Waals surface area contributed by atoms with Gasteiger partial charge in [-0.15, -0.1) is 5.92 Å². The van der Waals surface area contributed by atoms with Crippen molar-refractivity contribution < 1.29 is 13.6 Å². The molecule has 1 amide bonds. The van der Waals surface area contributed by atoms with Crippen LogP contribution < -0.4 is 5.32 Å². The smallest absolute Gasteiger partial charge is 0.259 e. The van der Waals surface area contributed by atoms with Gasteiger partial charge in [-0.3, -0.25) is 4.79 Å². The van der Waals surface area contributed by atoms with Crippen molar-refractivity contribution >= 4 is 5.91 Å². The Labute approximate surface area is 101 Å². The Morgan fingerprint density at radius 2 is 1.88 bits per heavy atom. The van der Waals surface area contributed by atoms with E-state index in [4.69, 9.17) is 0 Å². The molecule has 0 saturated heterocycles. The van der Waals surface area contributed by atoms with Crippen LogP contribution in [0.3, 0.4) is 0 Å². The average Bonchev–Trinajstić information content (AvgIpc) is 2.93. The van der Waals surface area contributed by atoms with E-state index in [2.05, 4.69) is 17.2 Å². The minimum Gasteiger partial charge on any atom is -0.340 e. The number of carbonyl (C=O) groups excluding carboxylic acids is 1. The lowest BCUT2D eigenvalue weighted by atomic mass is 9.96. The van der Waals surface area contributed by atoms with E-state index >= 15 is 0 Å². The quantitative estimate of drug-likeness (QED) is 0.759. The van der Waals surface area contributed by atoms with Crippen LogP contribution in [0.2, 0.25) is 0 Å². The monoisotopic (exact) mass is 243 g/mol. The lowest BCUT2D eigenvalue weighted by molar-refractivity contribution is -0.142. The summed E-state index contributed by atoms with van der Waals surface area (Å²) in [5.41, 5.74) is -2.26. The molecule has 1 saturated carbocycles. The predicted molar refractivity (Wildman–Crippen MR) is 62.6 cm³/mol. The van der Waals surface area contributed by atoms with Gasteiger partial charge in [-0.25, -0.2) is 8.78 Å². The van der Waals surface area contributed by atoms with Gasteiger partial charge in [-0.1, -0.05) is 12.8 Å². The molecule has 4 heteroatoms. The molecule has 0 spiro atoms. The molecule has 1 rings (SSSR count). The highest BCUT2D eigenvalue weighted by molar-refractivity contribution is 5.87. The lowest BCUT2D eigenvalue weighted by Crippen LogP contribution is -2.50. The van der Waals surface area contributed by atoms with Gasteiger partial charge in [-0.05, 0) is 26.7 Å². The van der Waals surface area contributed by atoms with Crippen LogP contribution in [0.4, 0.5) is 8.78 Å². The molecule has 0 aliphatic heterocycles. The summed E-state index contributed by atoms with van der Waals surface area (Å²) >= 11 is 0. The first-order valence-corrected chi connectivity index (χ1v) is 5.85. The third-order valence-electron chi connectivity index (χ3n) is 3.03. The fraction of sp³-hybridized carbons (Fsp3) is 0.769. The van der Waals surface area contributed by atoms with Crippen LogP contribution in [0.5, 0.6) is 0 Å². The summed E-state index contributed by atoms with van der Waals surface area (Å²) in [6, 6.07) is 0. The van der Waals surface area contributed by atoms with E-state index in [1.807, 2.05) is 6.92 Å².